The molecule has 1 saturated heterocycles. The average Bonchev–Trinajstić information content (AvgIpc) is 2.71. The molecule has 0 spiro atoms. The molecule has 6 nitrogen and oxygen atoms in total. The molecule has 1 aliphatic heterocycles. The van der Waals surface area contributed by atoms with Crippen LogP contribution in [0.15, 0.2) is 0 Å². The Hall–Kier alpha value is -1.01. The van der Waals surface area contributed by atoms with E-state index < -0.39 is 11.7 Å². The summed E-state index contributed by atoms with van der Waals surface area (Å²) in [5, 5.41) is 5.80. The van der Waals surface area contributed by atoms with E-state index in [1.807, 2.05) is 0 Å². The number of methoxy groups -OCH3 is 1. The van der Waals surface area contributed by atoms with Crippen LogP contribution < -0.4 is 10.6 Å². The lowest BCUT2D eigenvalue weighted by Crippen LogP contribution is -2.38. The Kier molecular flexibility index (Phi) is 7.15. The van der Waals surface area contributed by atoms with Gasteiger partial charge in [-0.15, -0.1) is 12.4 Å². The quantitative estimate of drug-likeness (QED) is 0.758. The van der Waals surface area contributed by atoms with E-state index in [4.69, 9.17) is 9.47 Å². The van der Waals surface area contributed by atoms with Gasteiger partial charge in [0.1, 0.15) is 5.60 Å². The maximum absolute atomic E-state index is 11.5. The van der Waals surface area contributed by atoms with Gasteiger partial charge in [0.2, 0.25) is 0 Å². The molecule has 0 saturated carbocycles. The van der Waals surface area contributed by atoms with Gasteiger partial charge in [0.25, 0.3) is 0 Å². The van der Waals surface area contributed by atoms with Gasteiger partial charge in [-0.3, -0.25) is 4.79 Å². The van der Waals surface area contributed by atoms with Gasteiger partial charge in [-0.2, -0.15) is 0 Å². The van der Waals surface area contributed by atoms with Crippen molar-refractivity contribution in [3.8, 4) is 0 Å². The Morgan fingerprint density at radius 3 is 2.47 bits per heavy atom. The SMILES string of the molecule is COC(=O)C1CNCC1CNC(=O)OC(C)(C)C.Cl. The molecule has 0 aromatic rings. The molecule has 112 valence electrons. The minimum absolute atomic E-state index is 0. The van der Waals surface area contributed by atoms with Crippen molar-refractivity contribution in [2.45, 2.75) is 26.4 Å². The van der Waals surface area contributed by atoms with Crippen LogP contribution in [0.2, 0.25) is 0 Å². The van der Waals surface area contributed by atoms with Crippen molar-refractivity contribution in [1.82, 2.24) is 10.6 Å². The van der Waals surface area contributed by atoms with Crippen LogP contribution in [0.1, 0.15) is 20.8 Å². The number of ether oxygens (including phenoxy) is 2. The molecule has 0 bridgehead atoms. The predicted octanol–water partition coefficient (Wildman–Crippen LogP) is 0.941. The lowest BCUT2D eigenvalue weighted by Gasteiger charge is -2.21. The van der Waals surface area contributed by atoms with Gasteiger partial charge in [-0.1, -0.05) is 0 Å². The van der Waals surface area contributed by atoms with Gasteiger partial charge in [0.05, 0.1) is 13.0 Å². The summed E-state index contributed by atoms with van der Waals surface area (Å²) in [4.78, 5) is 23.0. The summed E-state index contributed by atoms with van der Waals surface area (Å²) < 4.78 is 9.86. The first-order chi connectivity index (χ1) is 8.33. The van der Waals surface area contributed by atoms with Crippen LogP contribution in [0, 0.1) is 11.8 Å². The third kappa shape index (κ3) is 6.11. The molecule has 0 aliphatic carbocycles. The number of amides is 1. The third-order valence-corrected chi connectivity index (χ3v) is 2.75. The Morgan fingerprint density at radius 2 is 1.95 bits per heavy atom. The summed E-state index contributed by atoms with van der Waals surface area (Å²) in [5.41, 5.74) is -0.514. The van der Waals surface area contributed by atoms with Crippen LogP contribution in [0.25, 0.3) is 0 Å². The summed E-state index contributed by atoms with van der Waals surface area (Å²) in [7, 11) is 1.37. The molecule has 1 fully saturated rings. The summed E-state index contributed by atoms with van der Waals surface area (Å²) in [6, 6.07) is 0. The van der Waals surface area contributed by atoms with Crippen LogP contribution in [-0.4, -0.2) is 44.4 Å². The molecule has 2 atom stereocenters. The van der Waals surface area contributed by atoms with Crippen LogP contribution in [-0.2, 0) is 14.3 Å². The first-order valence-electron chi connectivity index (χ1n) is 6.09. The minimum atomic E-state index is -0.514. The maximum Gasteiger partial charge on any atom is 0.407 e. The number of hydrogen-bond donors (Lipinski definition) is 2. The standard InChI is InChI=1S/C12H22N2O4.ClH/c1-12(2,3)18-11(16)14-6-8-5-13-7-9(8)10(15)17-4;/h8-9,13H,5-7H2,1-4H3,(H,14,16);1H. The number of nitrogens with one attached hydrogen (secondary N) is 2. The monoisotopic (exact) mass is 294 g/mol. The second-order valence-electron chi connectivity index (χ2n) is 5.43. The van der Waals surface area contributed by atoms with Crippen LogP contribution in [0.3, 0.4) is 0 Å². The van der Waals surface area contributed by atoms with E-state index in [1.165, 1.54) is 7.11 Å². The van der Waals surface area contributed by atoms with Gasteiger partial charge in [-0.25, -0.2) is 4.79 Å². The molecule has 2 N–H and O–H groups in total. The van der Waals surface area contributed by atoms with Crippen molar-refractivity contribution in [2.24, 2.45) is 11.8 Å². The summed E-state index contributed by atoms with van der Waals surface area (Å²) in [6.45, 7) is 7.10. The molecular weight excluding hydrogens is 272 g/mol. The molecular formula is C12H23ClN2O4. The predicted molar refractivity (Wildman–Crippen MR) is 73.4 cm³/mol. The van der Waals surface area contributed by atoms with E-state index in [0.717, 1.165) is 0 Å². The van der Waals surface area contributed by atoms with Gasteiger partial charge in [0, 0.05) is 25.6 Å². The number of hydrogen-bond acceptors (Lipinski definition) is 5. The molecule has 7 heteroatoms. The molecule has 19 heavy (non-hydrogen) atoms. The lowest BCUT2D eigenvalue weighted by atomic mass is 9.96. The largest absolute Gasteiger partial charge is 0.469 e. The summed E-state index contributed by atoms with van der Waals surface area (Å²) in [5.74, 6) is -0.397. The zero-order chi connectivity index (χ0) is 13.8. The number of carbonyl (C=O) groups excluding carboxylic acids is 2. The van der Waals surface area contributed by atoms with E-state index in [0.29, 0.717) is 19.6 Å². The van der Waals surface area contributed by atoms with Crippen molar-refractivity contribution in [3.63, 3.8) is 0 Å². The zero-order valence-electron chi connectivity index (χ0n) is 11.8. The molecule has 1 rings (SSSR count). The van der Waals surface area contributed by atoms with Crippen molar-refractivity contribution < 1.29 is 19.1 Å². The zero-order valence-corrected chi connectivity index (χ0v) is 12.6. The first-order valence-corrected chi connectivity index (χ1v) is 6.09. The van der Waals surface area contributed by atoms with Crippen molar-refractivity contribution in [3.05, 3.63) is 0 Å². The second-order valence-corrected chi connectivity index (χ2v) is 5.43. The Labute approximate surface area is 120 Å². The maximum atomic E-state index is 11.5. The fraction of sp³-hybridized carbons (Fsp3) is 0.833. The highest BCUT2D eigenvalue weighted by Gasteiger charge is 2.34. The molecule has 0 aromatic heterocycles. The topological polar surface area (TPSA) is 76.7 Å². The second kappa shape index (κ2) is 7.55. The first kappa shape index (κ1) is 18.0. The molecule has 1 aliphatic rings. The number of rotatable bonds is 3. The highest BCUT2D eigenvalue weighted by Crippen LogP contribution is 2.17. The number of halogens is 1. The van der Waals surface area contributed by atoms with E-state index in [-0.39, 0.29) is 30.2 Å². The van der Waals surface area contributed by atoms with Crippen LogP contribution in [0.5, 0.6) is 0 Å². The molecule has 0 aromatic carbocycles. The normalized spacial score (nSPS) is 22.3. The van der Waals surface area contributed by atoms with Gasteiger partial charge in [0.15, 0.2) is 0 Å². The smallest absolute Gasteiger partial charge is 0.407 e. The lowest BCUT2D eigenvalue weighted by molar-refractivity contribution is -0.146. The van der Waals surface area contributed by atoms with Crippen molar-refractivity contribution in [2.75, 3.05) is 26.7 Å². The van der Waals surface area contributed by atoms with Crippen LogP contribution >= 0.6 is 12.4 Å². The Bertz CT molecular complexity index is 317. The molecule has 1 amide bonds. The van der Waals surface area contributed by atoms with E-state index in [2.05, 4.69) is 10.6 Å². The van der Waals surface area contributed by atoms with Gasteiger partial charge < -0.3 is 20.1 Å². The van der Waals surface area contributed by atoms with Gasteiger partial charge >= 0.3 is 12.1 Å². The van der Waals surface area contributed by atoms with E-state index >= 15 is 0 Å². The number of esters is 1. The van der Waals surface area contributed by atoms with E-state index in [9.17, 15) is 9.59 Å². The van der Waals surface area contributed by atoms with E-state index in [1.54, 1.807) is 20.8 Å². The summed E-state index contributed by atoms with van der Waals surface area (Å²) >= 11 is 0. The fourth-order valence-corrected chi connectivity index (χ4v) is 1.90. The molecule has 0 radical (unpaired) electrons. The number of carbonyl (C=O) groups is 2. The van der Waals surface area contributed by atoms with Crippen molar-refractivity contribution >= 4 is 24.5 Å². The fourth-order valence-electron chi connectivity index (χ4n) is 1.90. The van der Waals surface area contributed by atoms with Gasteiger partial charge in [-0.05, 0) is 20.8 Å². The highest BCUT2D eigenvalue weighted by atomic mass is 35.5. The summed E-state index contributed by atoms with van der Waals surface area (Å²) in [6.07, 6.45) is -0.460. The third-order valence-electron chi connectivity index (χ3n) is 2.75. The van der Waals surface area contributed by atoms with Crippen LogP contribution in [0.4, 0.5) is 4.79 Å². The minimum Gasteiger partial charge on any atom is -0.469 e. The average molecular weight is 295 g/mol. The Morgan fingerprint density at radius 1 is 1.32 bits per heavy atom. The highest BCUT2D eigenvalue weighted by molar-refractivity contribution is 5.85. The van der Waals surface area contributed by atoms with Crippen molar-refractivity contribution in [1.29, 1.82) is 0 Å². The molecule has 1 heterocycles. The molecule has 2 unspecified atom stereocenters. The number of alkyl carbamates (subject to hydrolysis) is 1. The Balaban J connectivity index is 0.00000324.